The molecule has 1 amide bonds. The van der Waals surface area contributed by atoms with E-state index >= 15 is 0 Å². The van der Waals surface area contributed by atoms with Crippen LogP contribution < -0.4 is 5.32 Å². The number of hydrogen-bond donors (Lipinski definition) is 1. The number of nitrogens with one attached hydrogen (secondary N) is 1. The molecule has 0 aliphatic heterocycles. The van der Waals surface area contributed by atoms with Gasteiger partial charge in [-0.1, -0.05) is 19.0 Å². The van der Waals surface area contributed by atoms with Crippen LogP contribution in [0, 0.1) is 12.8 Å². The number of nitrogens with zero attached hydrogens (tertiary/aromatic N) is 2. The van der Waals surface area contributed by atoms with Gasteiger partial charge in [-0.05, 0) is 44.0 Å². The fraction of sp³-hybridized carbons (Fsp3) is 0.400. The molecule has 20 heavy (non-hydrogen) atoms. The standard InChI is InChI=1S/C15H19N3O2/c1-9(2)10(3)16-14(19)12-5-7-13(8-6-12)15-17-11(4)18-20-15/h5-10H,1-4H3,(H,16,19). The minimum atomic E-state index is -0.0699. The summed E-state index contributed by atoms with van der Waals surface area (Å²) < 4.78 is 5.09. The summed E-state index contributed by atoms with van der Waals surface area (Å²) >= 11 is 0. The Bertz CT molecular complexity index is 587. The number of carbonyl (C=O) groups is 1. The Kier molecular flexibility index (Phi) is 4.17. The predicted octanol–water partition coefficient (Wildman–Crippen LogP) is 2.82. The molecule has 1 aromatic heterocycles. The van der Waals surface area contributed by atoms with E-state index in [1.165, 1.54) is 0 Å². The maximum Gasteiger partial charge on any atom is 0.257 e. The summed E-state index contributed by atoms with van der Waals surface area (Å²) in [7, 11) is 0. The SMILES string of the molecule is Cc1noc(-c2ccc(C(=O)NC(C)C(C)C)cc2)n1. The van der Waals surface area contributed by atoms with Crippen LogP contribution in [0.1, 0.15) is 37.0 Å². The molecule has 1 aromatic carbocycles. The van der Waals surface area contributed by atoms with Crippen LogP contribution in [-0.4, -0.2) is 22.1 Å². The van der Waals surface area contributed by atoms with Crippen LogP contribution in [0.2, 0.25) is 0 Å². The summed E-state index contributed by atoms with van der Waals surface area (Å²) in [6.07, 6.45) is 0. The second kappa shape index (κ2) is 5.86. The van der Waals surface area contributed by atoms with Gasteiger partial charge in [0.2, 0.25) is 0 Å². The number of hydrogen-bond acceptors (Lipinski definition) is 4. The molecule has 0 saturated heterocycles. The van der Waals surface area contributed by atoms with Crippen molar-refractivity contribution < 1.29 is 9.32 Å². The Labute approximate surface area is 118 Å². The van der Waals surface area contributed by atoms with E-state index in [1.54, 1.807) is 19.1 Å². The van der Waals surface area contributed by atoms with Crippen molar-refractivity contribution in [3.05, 3.63) is 35.7 Å². The quantitative estimate of drug-likeness (QED) is 0.930. The highest BCUT2D eigenvalue weighted by atomic mass is 16.5. The Morgan fingerprint density at radius 3 is 2.35 bits per heavy atom. The summed E-state index contributed by atoms with van der Waals surface area (Å²) in [4.78, 5) is 16.2. The summed E-state index contributed by atoms with van der Waals surface area (Å²) in [5.41, 5.74) is 1.43. The van der Waals surface area contributed by atoms with Crippen LogP contribution in [0.3, 0.4) is 0 Å². The van der Waals surface area contributed by atoms with Crippen molar-refractivity contribution in [2.75, 3.05) is 0 Å². The average molecular weight is 273 g/mol. The van der Waals surface area contributed by atoms with E-state index in [0.717, 1.165) is 5.56 Å². The first-order chi connectivity index (χ1) is 9.47. The highest BCUT2D eigenvalue weighted by Crippen LogP contribution is 2.17. The summed E-state index contributed by atoms with van der Waals surface area (Å²) in [6, 6.07) is 7.28. The van der Waals surface area contributed by atoms with Gasteiger partial charge in [0.1, 0.15) is 0 Å². The summed E-state index contributed by atoms with van der Waals surface area (Å²) in [5, 5.41) is 6.71. The summed E-state index contributed by atoms with van der Waals surface area (Å²) in [6.45, 7) is 7.91. The zero-order chi connectivity index (χ0) is 14.7. The Morgan fingerprint density at radius 2 is 1.85 bits per heavy atom. The minimum Gasteiger partial charge on any atom is -0.349 e. The van der Waals surface area contributed by atoms with E-state index in [-0.39, 0.29) is 11.9 Å². The highest BCUT2D eigenvalue weighted by molar-refractivity contribution is 5.94. The fourth-order valence-electron chi connectivity index (χ4n) is 1.64. The van der Waals surface area contributed by atoms with Gasteiger partial charge in [-0.15, -0.1) is 0 Å². The van der Waals surface area contributed by atoms with Crippen molar-refractivity contribution in [3.8, 4) is 11.5 Å². The van der Waals surface area contributed by atoms with E-state index in [9.17, 15) is 4.79 Å². The number of benzene rings is 1. The first-order valence-electron chi connectivity index (χ1n) is 6.69. The molecule has 5 heteroatoms. The largest absolute Gasteiger partial charge is 0.349 e. The summed E-state index contributed by atoms with van der Waals surface area (Å²) in [5.74, 6) is 1.39. The van der Waals surface area contributed by atoms with Crippen LogP contribution in [0.5, 0.6) is 0 Å². The van der Waals surface area contributed by atoms with E-state index in [4.69, 9.17) is 4.52 Å². The number of carbonyl (C=O) groups excluding carboxylic acids is 1. The molecule has 5 nitrogen and oxygen atoms in total. The van der Waals surface area contributed by atoms with Gasteiger partial charge in [0.15, 0.2) is 5.82 Å². The molecule has 0 saturated carbocycles. The van der Waals surface area contributed by atoms with Gasteiger partial charge in [-0.3, -0.25) is 4.79 Å². The van der Waals surface area contributed by atoms with Gasteiger partial charge >= 0.3 is 0 Å². The molecule has 0 fully saturated rings. The maximum absolute atomic E-state index is 12.0. The van der Waals surface area contributed by atoms with Crippen LogP contribution in [0.15, 0.2) is 28.8 Å². The third-order valence-electron chi connectivity index (χ3n) is 3.28. The van der Waals surface area contributed by atoms with Crippen molar-refractivity contribution in [2.24, 2.45) is 5.92 Å². The Morgan fingerprint density at radius 1 is 1.20 bits per heavy atom. The van der Waals surface area contributed by atoms with Crippen LogP contribution >= 0.6 is 0 Å². The second-order valence-corrected chi connectivity index (χ2v) is 5.23. The van der Waals surface area contributed by atoms with Gasteiger partial charge in [0.05, 0.1) is 0 Å². The Balaban J connectivity index is 2.10. The normalized spacial score (nSPS) is 12.4. The molecule has 0 spiro atoms. The fourth-order valence-corrected chi connectivity index (χ4v) is 1.64. The molecule has 0 radical (unpaired) electrons. The maximum atomic E-state index is 12.0. The molecular weight excluding hydrogens is 254 g/mol. The average Bonchev–Trinajstić information content (AvgIpc) is 2.85. The van der Waals surface area contributed by atoms with Crippen molar-refractivity contribution in [1.82, 2.24) is 15.5 Å². The second-order valence-electron chi connectivity index (χ2n) is 5.23. The first kappa shape index (κ1) is 14.2. The van der Waals surface area contributed by atoms with Gasteiger partial charge in [0.25, 0.3) is 11.8 Å². The molecular formula is C15H19N3O2. The van der Waals surface area contributed by atoms with Crippen LogP contribution in [0.25, 0.3) is 11.5 Å². The predicted molar refractivity (Wildman–Crippen MR) is 76.2 cm³/mol. The topological polar surface area (TPSA) is 68.0 Å². The van der Waals surface area contributed by atoms with Gasteiger partial charge in [-0.25, -0.2) is 0 Å². The lowest BCUT2D eigenvalue weighted by atomic mass is 10.1. The lowest BCUT2D eigenvalue weighted by Gasteiger charge is -2.17. The zero-order valence-corrected chi connectivity index (χ0v) is 12.2. The molecule has 2 aromatic rings. The molecule has 0 bridgehead atoms. The van der Waals surface area contributed by atoms with Gasteiger partial charge in [-0.2, -0.15) is 4.98 Å². The van der Waals surface area contributed by atoms with E-state index in [2.05, 4.69) is 29.3 Å². The molecule has 1 N–H and O–H groups in total. The molecule has 1 unspecified atom stereocenters. The lowest BCUT2D eigenvalue weighted by molar-refractivity contribution is 0.0930. The van der Waals surface area contributed by atoms with Crippen molar-refractivity contribution in [3.63, 3.8) is 0 Å². The van der Waals surface area contributed by atoms with Crippen molar-refractivity contribution in [2.45, 2.75) is 33.7 Å². The van der Waals surface area contributed by atoms with E-state index < -0.39 is 0 Å². The molecule has 0 aliphatic carbocycles. The number of rotatable bonds is 4. The van der Waals surface area contributed by atoms with E-state index in [1.807, 2.05) is 19.1 Å². The van der Waals surface area contributed by atoms with Gasteiger partial charge in [0, 0.05) is 17.2 Å². The number of amides is 1. The third-order valence-corrected chi connectivity index (χ3v) is 3.28. The van der Waals surface area contributed by atoms with Crippen LogP contribution in [0.4, 0.5) is 0 Å². The first-order valence-corrected chi connectivity index (χ1v) is 6.69. The minimum absolute atomic E-state index is 0.0699. The van der Waals surface area contributed by atoms with E-state index in [0.29, 0.717) is 23.2 Å². The molecule has 106 valence electrons. The monoisotopic (exact) mass is 273 g/mol. The smallest absolute Gasteiger partial charge is 0.257 e. The van der Waals surface area contributed by atoms with Crippen molar-refractivity contribution >= 4 is 5.91 Å². The third kappa shape index (κ3) is 3.23. The molecule has 0 aliphatic rings. The van der Waals surface area contributed by atoms with Crippen molar-refractivity contribution in [1.29, 1.82) is 0 Å². The molecule has 1 atom stereocenters. The molecule has 1 heterocycles. The molecule has 2 rings (SSSR count). The lowest BCUT2D eigenvalue weighted by Crippen LogP contribution is -2.36. The highest BCUT2D eigenvalue weighted by Gasteiger charge is 2.13. The number of aryl methyl sites for hydroxylation is 1. The number of aromatic nitrogens is 2. The Hall–Kier alpha value is -2.17. The van der Waals surface area contributed by atoms with Crippen LogP contribution in [-0.2, 0) is 0 Å². The zero-order valence-electron chi connectivity index (χ0n) is 12.2. The van der Waals surface area contributed by atoms with Gasteiger partial charge < -0.3 is 9.84 Å².